The Labute approximate surface area is 137 Å². The Balaban J connectivity index is 1.68. The highest BCUT2D eigenvalue weighted by Crippen LogP contribution is 2.29. The van der Waals surface area contributed by atoms with Crippen molar-refractivity contribution in [2.45, 2.75) is 32.6 Å². The third-order valence-corrected chi connectivity index (χ3v) is 5.37. The van der Waals surface area contributed by atoms with Crippen LogP contribution in [0.1, 0.15) is 52.5 Å². The van der Waals surface area contributed by atoms with Gasteiger partial charge < -0.3 is 9.64 Å². The standard InChI is InChI=1S/C19H25NO3/c1-13(12-23-2)14-8-10-20(11-9-14)19(22)17-5-3-4-16-15(17)6-7-18(16)21/h3-5,13-14H,6-12H2,1-2H3. The Morgan fingerprint density at radius 2 is 2.04 bits per heavy atom. The lowest BCUT2D eigenvalue weighted by atomic mass is 9.85. The highest BCUT2D eigenvalue weighted by Gasteiger charge is 2.30. The van der Waals surface area contributed by atoms with Gasteiger partial charge in [0.25, 0.3) is 5.91 Å². The van der Waals surface area contributed by atoms with Crippen molar-refractivity contribution in [1.29, 1.82) is 0 Å². The summed E-state index contributed by atoms with van der Waals surface area (Å²) < 4.78 is 5.25. The van der Waals surface area contributed by atoms with Crippen molar-refractivity contribution >= 4 is 11.7 Å². The molecule has 4 nitrogen and oxygen atoms in total. The van der Waals surface area contributed by atoms with E-state index in [1.54, 1.807) is 7.11 Å². The molecule has 0 radical (unpaired) electrons. The maximum absolute atomic E-state index is 12.9. The maximum atomic E-state index is 12.9. The summed E-state index contributed by atoms with van der Waals surface area (Å²) in [5, 5.41) is 0. The average molecular weight is 315 g/mol. The van der Waals surface area contributed by atoms with Gasteiger partial charge in [0, 0.05) is 44.4 Å². The van der Waals surface area contributed by atoms with Gasteiger partial charge in [-0.25, -0.2) is 0 Å². The summed E-state index contributed by atoms with van der Waals surface area (Å²) in [6.45, 7) is 4.61. The second kappa shape index (κ2) is 6.83. The van der Waals surface area contributed by atoms with Crippen molar-refractivity contribution in [1.82, 2.24) is 4.90 Å². The molecular formula is C19H25NO3. The fraction of sp³-hybridized carbons (Fsp3) is 0.579. The van der Waals surface area contributed by atoms with E-state index in [0.29, 0.717) is 24.7 Å². The molecule has 0 bridgehead atoms. The van der Waals surface area contributed by atoms with E-state index in [-0.39, 0.29) is 11.7 Å². The molecule has 4 heteroatoms. The van der Waals surface area contributed by atoms with Crippen LogP contribution in [0.3, 0.4) is 0 Å². The number of fused-ring (bicyclic) bond motifs is 1. The molecule has 1 aliphatic heterocycles. The predicted molar refractivity (Wildman–Crippen MR) is 88.8 cm³/mol. The number of amides is 1. The third kappa shape index (κ3) is 3.18. The van der Waals surface area contributed by atoms with Gasteiger partial charge in [0.2, 0.25) is 0 Å². The summed E-state index contributed by atoms with van der Waals surface area (Å²) in [5.74, 6) is 1.43. The molecule has 1 unspecified atom stereocenters. The Hall–Kier alpha value is -1.68. The van der Waals surface area contributed by atoms with Crippen LogP contribution in [0.4, 0.5) is 0 Å². The average Bonchev–Trinajstić information content (AvgIpc) is 2.96. The molecule has 0 saturated carbocycles. The second-order valence-corrected chi connectivity index (χ2v) is 6.82. The molecule has 1 amide bonds. The van der Waals surface area contributed by atoms with E-state index in [2.05, 4.69) is 6.92 Å². The van der Waals surface area contributed by atoms with Crippen molar-refractivity contribution in [3.8, 4) is 0 Å². The SMILES string of the molecule is COCC(C)C1CCN(C(=O)c2cccc3c2CCC3=O)CC1. The van der Waals surface area contributed by atoms with Gasteiger partial charge in [0.15, 0.2) is 5.78 Å². The van der Waals surface area contributed by atoms with E-state index >= 15 is 0 Å². The molecular weight excluding hydrogens is 290 g/mol. The first-order valence-electron chi connectivity index (χ1n) is 8.55. The molecule has 3 rings (SSSR count). The minimum atomic E-state index is 0.0920. The number of benzene rings is 1. The summed E-state index contributed by atoms with van der Waals surface area (Å²) in [5.41, 5.74) is 2.44. The van der Waals surface area contributed by atoms with E-state index < -0.39 is 0 Å². The molecule has 0 N–H and O–H groups in total. The summed E-state index contributed by atoms with van der Waals surface area (Å²) in [6.07, 6.45) is 3.31. The normalized spacial score (nSPS) is 19.7. The number of carbonyl (C=O) groups is 2. The van der Waals surface area contributed by atoms with E-state index in [1.165, 1.54) is 0 Å². The van der Waals surface area contributed by atoms with Gasteiger partial charge in [-0.3, -0.25) is 9.59 Å². The fourth-order valence-electron chi connectivity index (χ4n) is 3.93. The van der Waals surface area contributed by atoms with Crippen molar-refractivity contribution in [3.63, 3.8) is 0 Å². The van der Waals surface area contributed by atoms with Gasteiger partial charge in [-0.15, -0.1) is 0 Å². The Bertz CT molecular complexity index is 603. The molecule has 1 aliphatic carbocycles. The number of rotatable bonds is 4. The summed E-state index contributed by atoms with van der Waals surface area (Å²) in [6, 6.07) is 5.56. The third-order valence-electron chi connectivity index (χ3n) is 5.37. The number of ketones is 1. The van der Waals surface area contributed by atoms with Gasteiger partial charge >= 0.3 is 0 Å². The van der Waals surface area contributed by atoms with Crippen LogP contribution >= 0.6 is 0 Å². The molecule has 1 saturated heterocycles. The largest absolute Gasteiger partial charge is 0.384 e. The number of carbonyl (C=O) groups excluding carboxylic acids is 2. The van der Waals surface area contributed by atoms with Crippen LogP contribution in [-0.2, 0) is 11.2 Å². The van der Waals surface area contributed by atoms with E-state index in [1.807, 2.05) is 23.1 Å². The van der Waals surface area contributed by atoms with Gasteiger partial charge in [-0.1, -0.05) is 19.1 Å². The lowest BCUT2D eigenvalue weighted by Gasteiger charge is -2.35. The topological polar surface area (TPSA) is 46.6 Å². The van der Waals surface area contributed by atoms with Gasteiger partial charge in [-0.05, 0) is 42.7 Å². The molecule has 1 fully saturated rings. The van der Waals surface area contributed by atoms with Gasteiger partial charge in [0.05, 0.1) is 0 Å². The maximum Gasteiger partial charge on any atom is 0.254 e. The zero-order valence-electron chi connectivity index (χ0n) is 14.0. The summed E-state index contributed by atoms with van der Waals surface area (Å²) >= 11 is 0. The number of methoxy groups -OCH3 is 1. The van der Waals surface area contributed by atoms with Crippen molar-refractivity contribution in [2.75, 3.05) is 26.8 Å². The van der Waals surface area contributed by atoms with Crippen molar-refractivity contribution in [2.24, 2.45) is 11.8 Å². The molecule has 1 aromatic rings. The first-order valence-corrected chi connectivity index (χ1v) is 8.55. The molecule has 0 aromatic heterocycles. The monoisotopic (exact) mass is 315 g/mol. The quantitative estimate of drug-likeness (QED) is 0.858. The Kier molecular flexibility index (Phi) is 4.81. The lowest BCUT2D eigenvalue weighted by molar-refractivity contribution is 0.0597. The Morgan fingerprint density at radius 3 is 2.74 bits per heavy atom. The van der Waals surface area contributed by atoms with E-state index in [0.717, 1.165) is 49.2 Å². The van der Waals surface area contributed by atoms with Crippen LogP contribution in [-0.4, -0.2) is 43.4 Å². The Morgan fingerprint density at radius 1 is 1.30 bits per heavy atom. The van der Waals surface area contributed by atoms with Crippen LogP contribution in [0.15, 0.2) is 18.2 Å². The molecule has 1 aromatic carbocycles. The predicted octanol–water partition coefficient (Wildman–Crippen LogP) is 2.95. The molecule has 23 heavy (non-hydrogen) atoms. The number of piperidine rings is 1. The first-order chi connectivity index (χ1) is 11.1. The minimum absolute atomic E-state index is 0.0920. The molecule has 124 valence electrons. The van der Waals surface area contributed by atoms with Crippen molar-refractivity contribution in [3.05, 3.63) is 34.9 Å². The zero-order chi connectivity index (χ0) is 16.4. The zero-order valence-corrected chi connectivity index (χ0v) is 14.0. The molecule has 1 atom stereocenters. The lowest BCUT2D eigenvalue weighted by Crippen LogP contribution is -2.40. The molecule has 1 heterocycles. The van der Waals surface area contributed by atoms with Crippen LogP contribution < -0.4 is 0 Å². The molecule has 0 spiro atoms. The van der Waals surface area contributed by atoms with Crippen molar-refractivity contribution < 1.29 is 14.3 Å². The number of Topliss-reactive ketones (excluding diaryl/α,β-unsaturated/α-hetero) is 1. The van der Waals surface area contributed by atoms with Crippen LogP contribution in [0.2, 0.25) is 0 Å². The second-order valence-electron chi connectivity index (χ2n) is 6.82. The van der Waals surface area contributed by atoms with Gasteiger partial charge in [-0.2, -0.15) is 0 Å². The number of nitrogens with zero attached hydrogens (tertiary/aromatic N) is 1. The highest BCUT2D eigenvalue weighted by molar-refractivity contribution is 6.05. The number of hydrogen-bond acceptors (Lipinski definition) is 3. The van der Waals surface area contributed by atoms with Gasteiger partial charge in [0.1, 0.15) is 0 Å². The fourth-order valence-corrected chi connectivity index (χ4v) is 3.93. The van der Waals surface area contributed by atoms with Crippen LogP contribution in [0, 0.1) is 11.8 Å². The summed E-state index contributed by atoms with van der Waals surface area (Å²) in [4.78, 5) is 26.7. The summed E-state index contributed by atoms with van der Waals surface area (Å²) in [7, 11) is 1.74. The smallest absolute Gasteiger partial charge is 0.254 e. The number of likely N-dealkylation sites (tertiary alicyclic amines) is 1. The van der Waals surface area contributed by atoms with Crippen LogP contribution in [0.5, 0.6) is 0 Å². The highest BCUT2D eigenvalue weighted by atomic mass is 16.5. The van der Waals surface area contributed by atoms with E-state index in [4.69, 9.17) is 4.74 Å². The number of hydrogen-bond donors (Lipinski definition) is 0. The minimum Gasteiger partial charge on any atom is -0.384 e. The van der Waals surface area contributed by atoms with E-state index in [9.17, 15) is 9.59 Å². The molecule has 2 aliphatic rings. The number of ether oxygens (including phenoxy) is 1. The van der Waals surface area contributed by atoms with Crippen LogP contribution in [0.25, 0.3) is 0 Å². The first kappa shape index (κ1) is 16.2.